The predicted octanol–water partition coefficient (Wildman–Crippen LogP) is 2.78. The smallest absolute Gasteiger partial charge is 0.275 e. The van der Waals surface area contributed by atoms with Crippen molar-refractivity contribution in [1.29, 1.82) is 0 Å². The molecule has 31 heavy (non-hydrogen) atoms. The van der Waals surface area contributed by atoms with E-state index in [9.17, 15) is 23.5 Å². The second-order valence-corrected chi connectivity index (χ2v) is 7.22. The largest absolute Gasteiger partial charge is 0.497 e. The Bertz CT molecular complexity index is 940. The number of pyridine rings is 1. The number of hydrogen-bond donors (Lipinski definition) is 1. The number of aryl methyl sites for hydroxylation is 1. The van der Waals surface area contributed by atoms with E-state index in [0.29, 0.717) is 18.4 Å². The monoisotopic (exact) mass is 438 g/mol. The Balaban J connectivity index is 2.49. The van der Waals surface area contributed by atoms with Crippen LogP contribution < -0.4 is 15.2 Å². The zero-order valence-electron chi connectivity index (χ0n) is 18.1. The van der Waals surface area contributed by atoms with Crippen LogP contribution in [0.1, 0.15) is 36.4 Å². The van der Waals surface area contributed by atoms with E-state index < -0.39 is 29.2 Å². The van der Waals surface area contributed by atoms with Gasteiger partial charge in [-0.3, -0.25) is 9.59 Å². The summed E-state index contributed by atoms with van der Waals surface area (Å²) in [5, 5.41) is 9.61. The molecular weight excluding hydrogens is 410 g/mol. The lowest BCUT2D eigenvalue weighted by Gasteiger charge is -2.27. The molecule has 0 fully saturated rings. The fourth-order valence-corrected chi connectivity index (χ4v) is 3.60. The summed E-state index contributed by atoms with van der Waals surface area (Å²) in [5.74, 6) is -2.21. The lowest BCUT2D eigenvalue weighted by Crippen LogP contribution is -2.37. The maximum absolute atomic E-state index is 14.6. The van der Waals surface area contributed by atoms with Crippen molar-refractivity contribution in [3.8, 4) is 5.75 Å². The molecule has 0 bridgehead atoms. The van der Waals surface area contributed by atoms with Crippen LogP contribution in [0.25, 0.3) is 0 Å². The summed E-state index contributed by atoms with van der Waals surface area (Å²) >= 11 is 0. The maximum atomic E-state index is 14.6. The van der Waals surface area contributed by atoms with Crippen molar-refractivity contribution in [2.75, 3.05) is 38.9 Å². The average Bonchev–Trinajstić information content (AvgIpc) is 2.75. The summed E-state index contributed by atoms with van der Waals surface area (Å²) in [6.45, 7) is 3.07. The average molecular weight is 438 g/mol. The Morgan fingerprint density at radius 1 is 1.26 bits per heavy atom. The Morgan fingerprint density at radius 3 is 2.39 bits per heavy atom. The summed E-state index contributed by atoms with van der Waals surface area (Å²) in [6, 6.07) is 3.18. The van der Waals surface area contributed by atoms with Gasteiger partial charge in [-0.25, -0.2) is 8.78 Å². The Kier molecular flexibility index (Phi) is 8.70. The standard InChI is InChI=1S/C22H28F2N2O5/c1-5-15(20-18(23)8-17(31-4)9-19(20)24)10-25(13-28)21-14(2)6-7-26(22(21)29)16(11-27)12-30-3/h6-9,13,15-16,27H,5,10-12H2,1-4H3. The minimum Gasteiger partial charge on any atom is -0.497 e. The van der Waals surface area contributed by atoms with E-state index >= 15 is 0 Å². The number of methoxy groups -OCH3 is 2. The van der Waals surface area contributed by atoms with Gasteiger partial charge >= 0.3 is 0 Å². The van der Waals surface area contributed by atoms with Crippen molar-refractivity contribution in [3.63, 3.8) is 0 Å². The van der Waals surface area contributed by atoms with Crippen LogP contribution in [0.15, 0.2) is 29.2 Å². The van der Waals surface area contributed by atoms with Crippen LogP contribution in [0, 0.1) is 18.6 Å². The van der Waals surface area contributed by atoms with Gasteiger partial charge in [0.25, 0.3) is 5.56 Å². The minimum absolute atomic E-state index is 0.0517. The van der Waals surface area contributed by atoms with Gasteiger partial charge in [0.15, 0.2) is 0 Å². The molecule has 1 aromatic carbocycles. The first-order valence-corrected chi connectivity index (χ1v) is 9.89. The van der Waals surface area contributed by atoms with Gasteiger partial charge in [-0.05, 0) is 25.0 Å². The SMILES string of the molecule is CCC(CN(C=O)c1c(C)ccn(C(CO)COC)c1=O)c1c(F)cc(OC)cc1F. The normalized spacial score (nSPS) is 13.0. The molecule has 0 spiro atoms. The van der Waals surface area contributed by atoms with Crippen molar-refractivity contribution >= 4 is 12.1 Å². The fraction of sp³-hybridized carbons (Fsp3) is 0.455. The number of halogens is 2. The van der Waals surface area contributed by atoms with Gasteiger partial charge in [-0.2, -0.15) is 0 Å². The highest BCUT2D eigenvalue weighted by atomic mass is 19.1. The minimum atomic E-state index is -0.780. The van der Waals surface area contributed by atoms with Gasteiger partial charge in [0.05, 0.1) is 26.4 Å². The molecule has 2 unspecified atom stereocenters. The molecule has 2 aromatic rings. The molecule has 0 aliphatic rings. The van der Waals surface area contributed by atoms with Crippen molar-refractivity contribution in [2.45, 2.75) is 32.2 Å². The third-order valence-corrected chi connectivity index (χ3v) is 5.28. The summed E-state index contributed by atoms with van der Waals surface area (Å²) in [7, 11) is 2.76. The number of benzene rings is 1. The maximum Gasteiger partial charge on any atom is 0.275 e. The van der Waals surface area contributed by atoms with Crippen LogP contribution in [-0.2, 0) is 9.53 Å². The first-order chi connectivity index (χ1) is 14.8. The van der Waals surface area contributed by atoms with Crippen molar-refractivity contribution in [1.82, 2.24) is 4.57 Å². The highest BCUT2D eigenvalue weighted by Crippen LogP contribution is 2.30. The number of carbonyl (C=O) groups excluding carboxylic acids is 1. The molecule has 0 saturated heterocycles. The van der Waals surface area contributed by atoms with E-state index in [1.165, 1.54) is 25.0 Å². The number of carbonyl (C=O) groups is 1. The Morgan fingerprint density at radius 2 is 1.90 bits per heavy atom. The van der Waals surface area contributed by atoms with Gasteiger partial charge < -0.3 is 24.0 Å². The number of aromatic nitrogens is 1. The van der Waals surface area contributed by atoms with Crippen LogP contribution in [0.3, 0.4) is 0 Å². The molecule has 1 N–H and O–H groups in total. The van der Waals surface area contributed by atoms with Crippen LogP contribution in [0.2, 0.25) is 0 Å². The second-order valence-electron chi connectivity index (χ2n) is 7.22. The van der Waals surface area contributed by atoms with Crippen LogP contribution >= 0.6 is 0 Å². The van der Waals surface area contributed by atoms with Crippen molar-refractivity contribution in [2.24, 2.45) is 0 Å². The van der Waals surface area contributed by atoms with E-state index in [0.717, 1.165) is 17.0 Å². The molecule has 0 radical (unpaired) electrons. The van der Waals surface area contributed by atoms with Crippen molar-refractivity contribution in [3.05, 3.63) is 57.5 Å². The van der Waals surface area contributed by atoms with Gasteiger partial charge in [-0.1, -0.05) is 6.92 Å². The lowest BCUT2D eigenvalue weighted by molar-refractivity contribution is -0.107. The molecule has 7 nitrogen and oxygen atoms in total. The van der Waals surface area contributed by atoms with E-state index in [2.05, 4.69) is 0 Å². The number of aliphatic hydroxyl groups is 1. The van der Waals surface area contributed by atoms with Crippen LogP contribution in [-0.4, -0.2) is 50.1 Å². The summed E-state index contributed by atoms with van der Waals surface area (Å²) in [4.78, 5) is 26.2. The Labute approximate surface area is 179 Å². The fourth-order valence-electron chi connectivity index (χ4n) is 3.60. The predicted molar refractivity (Wildman–Crippen MR) is 113 cm³/mol. The lowest BCUT2D eigenvalue weighted by atomic mass is 9.94. The zero-order valence-corrected chi connectivity index (χ0v) is 18.1. The Hall–Kier alpha value is -2.78. The summed E-state index contributed by atoms with van der Waals surface area (Å²) in [5.41, 5.74) is -0.0711. The first kappa shape index (κ1) is 24.5. The molecule has 170 valence electrons. The van der Waals surface area contributed by atoms with Gasteiger partial charge in [0, 0.05) is 43.5 Å². The highest BCUT2D eigenvalue weighted by molar-refractivity contribution is 5.76. The number of anilines is 1. The van der Waals surface area contributed by atoms with Crippen LogP contribution in [0.4, 0.5) is 14.5 Å². The number of aliphatic hydroxyl groups excluding tert-OH is 1. The van der Waals surface area contributed by atoms with Gasteiger partial charge in [0.2, 0.25) is 6.41 Å². The van der Waals surface area contributed by atoms with Crippen molar-refractivity contribution < 1.29 is 28.2 Å². The number of amides is 1. The van der Waals surface area contributed by atoms with E-state index in [1.54, 1.807) is 19.9 Å². The van der Waals surface area contributed by atoms with E-state index in [4.69, 9.17) is 9.47 Å². The first-order valence-electron chi connectivity index (χ1n) is 9.89. The molecule has 0 saturated carbocycles. The molecule has 1 heterocycles. The highest BCUT2D eigenvalue weighted by Gasteiger charge is 2.26. The van der Waals surface area contributed by atoms with Gasteiger partial charge in [0.1, 0.15) is 23.1 Å². The molecule has 1 aromatic heterocycles. The molecule has 2 rings (SSSR count). The number of ether oxygens (including phenoxy) is 2. The summed E-state index contributed by atoms with van der Waals surface area (Å²) < 4.78 is 40.5. The van der Waals surface area contributed by atoms with Gasteiger partial charge in [-0.15, -0.1) is 0 Å². The van der Waals surface area contributed by atoms with Crippen LogP contribution in [0.5, 0.6) is 5.75 Å². The third-order valence-electron chi connectivity index (χ3n) is 5.28. The van der Waals surface area contributed by atoms with E-state index in [1.807, 2.05) is 0 Å². The molecule has 2 atom stereocenters. The quantitative estimate of drug-likeness (QED) is 0.546. The summed E-state index contributed by atoms with van der Waals surface area (Å²) in [6.07, 6.45) is 2.32. The molecule has 0 aliphatic heterocycles. The molecular formula is C22H28F2N2O5. The third kappa shape index (κ3) is 5.29. The molecule has 1 amide bonds. The zero-order chi connectivity index (χ0) is 23.1. The number of rotatable bonds is 11. The topological polar surface area (TPSA) is 81.0 Å². The molecule has 9 heteroatoms. The number of hydrogen-bond acceptors (Lipinski definition) is 5. The second kappa shape index (κ2) is 11.0. The number of nitrogens with zero attached hydrogens (tertiary/aromatic N) is 2. The van der Waals surface area contributed by atoms with E-state index in [-0.39, 0.29) is 36.8 Å². The molecule has 0 aliphatic carbocycles.